The number of methoxy groups -OCH3 is 1. The zero-order valence-electron chi connectivity index (χ0n) is 8.63. The van der Waals surface area contributed by atoms with Crippen LogP contribution >= 0.6 is 11.8 Å². The molecule has 0 amide bonds. The SMILES string of the molecule is COc1cc(SC(C)C)ccc1C. The molecule has 0 heterocycles. The minimum absolute atomic E-state index is 0.618. The lowest BCUT2D eigenvalue weighted by Crippen LogP contribution is -1.89. The molecule has 72 valence electrons. The summed E-state index contributed by atoms with van der Waals surface area (Å²) in [6.45, 7) is 6.44. The summed E-state index contributed by atoms with van der Waals surface area (Å²) in [6.07, 6.45) is 0. The molecule has 0 aromatic heterocycles. The zero-order chi connectivity index (χ0) is 9.84. The van der Waals surface area contributed by atoms with E-state index in [2.05, 4.69) is 39.0 Å². The highest BCUT2D eigenvalue weighted by Crippen LogP contribution is 2.28. The topological polar surface area (TPSA) is 9.23 Å². The molecule has 0 aliphatic heterocycles. The van der Waals surface area contributed by atoms with Crippen LogP contribution in [0.15, 0.2) is 23.1 Å². The monoisotopic (exact) mass is 196 g/mol. The maximum Gasteiger partial charge on any atom is 0.122 e. The molecule has 2 heteroatoms. The lowest BCUT2D eigenvalue weighted by molar-refractivity contribution is 0.410. The summed E-state index contributed by atoms with van der Waals surface area (Å²) in [5, 5.41) is 0.618. The van der Waals surface area contributed by atoms with E-state index in [1.807, 2.05) is 11.8 Å². The van der Waals surface area contributed by atoms with E-state index in [9.17, 15) is 0 Å². The van der Waals surface area contributed by atoms with Gasteiger partial charge in [-0.05, 0) is 24.6 Å². The maximum absolute atomic E-state index is 5.25. The molecule has 1 nitrogen and oxygen atoms in total. The van der Waals surface area contributed by atoms with E-state index < -0.39 is 0 Å². The molecule has 0 aliphatic rings. The van der Waals surface area contributed by atoms with Gasteiger partial charge in [0.05, 0.1) is 7.11 Å². The highest BCUT2D eigenvalue weighted by Gasteiger charge is 2.02. The van der Waals surface area contributed by atoms with Gasteiger partial charge >= 0.3 is 0 Å². The molecule has 0 radical (unpaired) electrons. The Hall–Kier alpha value is -0.630. The van der Waals surface area contributed by atoms with Crippen molar-refractivity contribution in [1.82, 2.24) is 0 Å². The molecular weight excluding hydrogens is 180 g/mol. The van der Waals surface area contributed by atoms with Crippen molar-refractivity contribution in [3.63, 3.8) is 0 Å². The molecule has 0 N–H and O–H groups in total. The quantitative estimate of drug-likeness (QED) is 0.684. The third-order valence-electron chi connectivity index (χ3n) is 1.75. The van der Waals surface area contributed by atoms with Crippen LogP contribution in [0.2, 0.25) is 0 Å². The van der Waals surface area contributed by atoms with E-state index in [4.69, 9.17) is 4.74 Å². The number of thioether (sulfide) groups is 1. The van der Waals surface area contributed by atoms with Crippen molar-refractivity contribution in [2.24, 2.45) is 0 Å². The fraction of sp³-hybridized carbons (Fsp3) is 0.455. The minimum atomic E-state index is 0.618. The van der Waals surface area contributed by atoms with Crippen LogP contribution in [0.5, 0.6) is 5.75 Å². The van der Waals surface area contributed by atoms with Gasteiger partial charge in [0.25, 0.3) is 0 Å². The van der Waals surface area contributed by atoms with Gasteiger partial charge in [0, 0.05) is 10.1 Å². The number of ether oxygens (including phenoxy) is 1. The Morgan fingerprint density at radius 3 is 2.54 bits per heavy atom. The van der Waals surface area contributed by atoms with E-state index in [0.29, 0.717) is 5.25 Å². The predicted molar refractivity (Wildman–Crippen MR) is 58.7 cm³/mol. The van der Waals surface area contributed by atoms with Crippen LogP contribution in [-0.2, 0) is 0 Å². The zero-order valence-corrected chi connectivity index (χ0v) is 9.44. The molecule has 0 aliphatic carbocycles. The van der Waals surface area contributed by atoms with Crippen LogP contribution in [-0.4, -0.2) is 12.4 Å². The van der Waals surface area contributed by atoms with Crippen molar-refractivity contribution >= 4 is 11.8 Å². The Morgan fingerprint density at radius 2 is 2.00 bits per heavy atom. The van der Waals surface area contributed by atoms with Crippen molar-refractivity contribution in [3.05, 3.63) is 23.8 Å². The van der Waals surface area contributed by atoms with Crippen LogP contribution in [0.1, 0.15) is 19.4 Å². The third-order valence-corrected chi connectivity index (χ3v) is 2.75. The van der Waals surface area contributed by atoms with Crippen LogP contribution in [0.25, 0.3) is 0 Å². The first-order valence-electron chi connectivity index (χ1n) is 4.44. The number of benzene rings is 1. The highest BCUT2D eigenvalue weighted by molar-refractivity contribution is 7.99. The fourth-order valence-corrected chi connectivity index (χ4v) is 2.01. The Bertz CT molecular complexity index is 281. The first-order chi connectivity index (χ1) is 6.13. The molecule has 0 saturated heterocycles. The second-order valence-electron chi connectivity index (χ2n) is 3.30. The Balaban J connectivity index is 2.86. The second kappa shape index (κ2) is 4.56. The van der Waals surface area contributed by atoms with E-state index >= 15 is 0 Å². The molecule has 0 unspecified atom stereocenters. The van der Waals surface area contributed by atoms with Gasteiger partial charge in [-0.3, -0.25) is 0 Å². The number of hydrogen-bond donors (Lipinski definition) is 0. The summed E-state index contributed by atoms with van der Waals surface area (Å²) in [5.74, 6) is 0.977. The third kappa shape index (κ3) is 2.96. The minimum Gasteiger partial charge on any atom is -0.496 e. The standard InChI is InChI=1S/C11H16OS/c1-8(2)13-10-6-5-9(3)11(7-10)12-4/h5-8H,1-4H3. The Labute approximate surface area is 84.5 Å². The lowest BCUT2D eigenvalue weighted by atomic mass is 10.2. The van der Waals surface area contributed by atoms with Crippen molar-refractivity contribution in [1.29, 1.82) is 0 Å². The summed E-state index contributed by atoms with van der Waals surface area (Å²) < 4.78 is 5.25. The van der Waals surface area contributed by atoms with Crippen LogP contribution in [0.3, 0.4) is 0 Å². The summed E-state index contributed by atoms with van der Waals surface area (Å²) >= 11 is 1.86. The first kappa shape index (κ1) is 10.5. The van der Waals surface area contributed by atoms with Gasteiger partial charge in [-0.25, -0.2) is 0 Å². The lowest BCUT2D eigenvalue weighted by Gasteiger charge is -2.08. The first-order valence-corrected chi connectivity index (χ1v) is 5.32. The number of hydrogen-bond acceptors (Lipinski definition) is 2. The van der Waals surface area contributed by atoms with Crippen molar-refractivity contribution in [2.75, 3.05) is 7.11 Å². The maximum atomic E-state index is 5.25. The second-order valence-corrected chi connectivity index (χ2v) is 4.95. The van der Waals surface area contributed by atoms with E-state index in [1.54, 1.807) is 7.11 Å². The van der Waals surface area contributed by atoms with Gasteiger partial charge in [-0.15, -0.1) is 11.8 Å². The van der Waals surface area contributed by atoms with Gasteiger partial charge in [0.15, 0.2) is 0 Å². The summed E-state index contributed by atoms with van der Waals surface area (Å²) in [5.41, 5.74) is 1.19. The average molecular weight is 196 g/mol. The van der Waals surface area contributed by atoms with Crippen molar-refractivity contribution in [3.8, 4) is 5.75 Å². The molecule has 0 bridgehead atoms. The molecule has 1 aromatic carbocycles. The molecule has 0 atom stereocenters. The van der Waals surface area contributed by atoms with Gasteiger partial charge in [0.2, 0.25) is 0 Å². The van der Waals surface area contributed by atoms with Crippen LogP contribution in [0.4, 0.5) is 0 Å². The Morgan fingerprint density at radius 1 is 1.31 bits per heavy atom. The van der Waals surface area contributed by atoms with Gasteiger partial charge in [0.1, 0.15) is 5.75 Å². The molecule has 1 aromatic rings. The molecular formula is C11H16OS. The van der Waals surface area contributed by atoms with Crippen LogP contribution in [0, 0.1) is 6.92 Å². The summed E-state index contributed by atoms with van der Waals surface area (Å²) in [4.78, 5) is 1.28. The van der Waals surface area contributed by atoms with E-state index in [1.165, 1.54) is 10.5 Å². The number of rotatable bonds is 3. The molecule has 0 saturated carbocycles. The van der Waals surface area contributed by atoms with Gasteiger partial charge in [-0.1, -0.05) is 19.9 Å². The Kier molecular flexibility index (Phi) is 3.67. The molecule has 13 heavy (non-hydrogen) atoms. The van der Waals surface area contributed by atoms with Gasteiger partial charge in [-0.2, -0.15) is 0 Å². The largest absolute Gasteiger partial charge is 0.496 e. The summed E-state index contributed by atoms with van der Waals surface area (Å²) in [6, 6.07) is 6.34. The molecule has 1 rings (SSSR count). The number of aryl methyl sites for hydroxylation is 1. The summed E-state index contributed by atoms with van der Waals surface area (Å²) in [7, 11) is 1.71. The highest BCUT2D eigenvalue weighted by atomic mass is 32.2. The van der Waals surface area contributed by atoms with Crippen molar-refractivity contribution in [2.45, 2.75) is 30.9 Å². The molecule has 0 fully saturated rings. The average Bonchev–Trinajstić information content (AvgIpc) is 2.07. The normalized spacial score (nSPS) is 10.5. The molecule has 0 spiro atoms. The fourth-order valence-electron chi connectivity index (χ4n) is 1.15. The van der Waals surface area contributed by atoms with Crippen LogP contribution < -0.4 is 4.74 Å². The van der Waals surface area contributed by atoms with E-state index in [-0.39, 0.29) is 0 Å². The van der Waals surface area contributed by atoms with Gasteiger partial charge < -0.3 is 4.74 Å². The van der Waals surface area contributed by atoms with Crippen molar-refractivity contribution < 1.29 is 4.74 Å². The predicted octanol–water partition coefficient (Wildman–Crippen LogP) is 3.50. The van der Waals surface area contributed by atoms with E-state index in [0.717, 1.165) is 5.75 Å². The smallest absolute Gasteiger partial charge is 0.122 e.